The monoisotopic (exact) mass is 1480 g/mol. The minimum atomic E-state index is 0.269. The van der Waals surface area contributed by atoms with E-state index in [1.54, 1.807) is 6.20 Å². The molecule has 13 heteroatoms. The second-order valence-electron chi connectivity index (χ2n) is 23.4. The van der Waals surface area contributed by atoms with Gasteiger partial charge in [-0.3, -0.25) is 4.98 Å². The molecule has 0 amide bonds. The molecular formula is C89H59Br2Cl2N9. The summed E-state index contributed by atoms with van der Waals surface area (Å²) in [6.07, 6.45) is 1.80. The van der Waals surface area contributed by atoms with Gasteiger partial charge in [0.25, 0.3) is 0 Å². The van der Waals surface area contributed by atoms with E-state index in [2.05, 4.69) is 202 Å². The summed E-state index contributed by atoms with van der Waals surface area (Å²) in [5.74, 6) is 2.00. The summed E-state index contributed by atoms with van der Waals surface area (Å²) in [7, 11) is 0. The van der Waals surface area contributed by atoms with Crippen LogP contribution < -0.4 is 0 Å². The Morgan fingerprint density at radius 1 is 0.206 bits per heavy atom. The number of halogens is 4. The first-order valence-electron chi connectivity index (χ1n) is 32.8. The van der Waals surface area contributed by atoms with E-state index in [1.165, 1.54) is 27.8 Å². The normalized spacial score (nSPS) is 10.7. The molecule has 0 aliphatic heterocycles. The van der Waals surface area contributed by atoms with Gasteiger partial charge in [-0.25, -0.2) is 39.9 Å². The van der Waals surface area contributed by atoms with Crippen molar-refractivity contribution in [2.24, 2.45) is 0 Å². The van der Waals surface area contributed by atoms with Crippen molar-refractivity contribution in [1.82, 2.24) is 44.9 Å². The Bertz CT molecular complexity index is 5300. The molecule has 0 spiro atoms. The van der Waals surface area contributed by atoms with E-state index < -0.39 is 0 Å². The number of rotatable bonds is 11. The van der Waals surface area contributed by atoms with Crippen molar-refractivity contribution in [2.75, 3.05) is 0 Å². The number of nitrogens with zero attached hydrogens (tertiary/aromatic N) is 9. The largest absolute Gasteiger partial charge is 0.255 e. The molecule has 12 aromatic carbocycles. The van der Waals surface area contributed by atoms with Crippen molar-refractivity contribution >= 4 is 76.9 Å². The second-order valence-corrected chi connectivity index (χ2v) is 25.9. The quantitative estimate of drug-likeness (QED) is 0.117. The Balaban J connectivity index is 0.000000118. The first-order valence-corrected chi connectivity index (χ1v) is 35.2. The highest BCUT2D eigenvalue weighted by Gasteiger charge is 2.15. The zero-order valence-electron chi connectivity index (χ0n) is 54.6. The molecule has 0 saturated heterocycles. The van der Waals surface area contributed by atoms with Gasteiger partial charge in [0.15, 0.2) is 17.5 Å². The van der Waals surface area contributed by atoms with Crippen molar-refractivity contribution in [3.05, 3.63) is 378 Å². The van der Waals surface area contributed by atoms with E-state index in [0.717, 1.165) is 109 Å². The van der Waals surface area contributed by atoms with E-state index in [4.69, 9.17) is 43.1 Å². The van der Waals surface area contributed by atoms with E-state index in [-0.39, 0.29) is 10.6 Å². The van der Waals surface area contributed by atoms with E-state index >= 15 is 0 Å². The van der Waals surface area contributed by atoms with Crippen LogP contribution in [0.25, 0.3) is 146 Å². The average Bonchev–Trinajstić information content (AvgIpc) is 0.807. The van der Waals surface area contributed by atoms with Crippen molar-refractivity contribution < 1.29 is 0 Å². The Morgan fingerprint density at radius 2 is 0.500 bits per heavy atom. The summed E-state index contributed by atoms with van der Waals surface area (Å²) in [6, 6.07) is 119. The Kier molecular flexibility index (Phi) is 21.4. The fourth-order valence-corrected chi connectivity index (χ4v) is 12.5. The lowest BCUT2D eigenvalue weighted by atomic mass is 9.98. The number of hydrogen-bond donors (Lipinski definition) is 0. The molecule has 488 valence electrons. The number of para-hydroxylation sites is 2. The summed E-state index contributed by atoms with van der Waals surface area (Å²) in [6.45, 7) is 0. The van der Waals surface area contributed by atoms with Gasteiger partial charge in [-0.05, 0) is 128 Å². The molecule has 0 saturated carbocycles. The number of benzene rings is 12. The molecule has 0 atom stereocenters. The SMILES string of the molecule is Brc1ccc(-c2ccc(-c3cc(-c4ccccc4)nc(-c4ccccn4)c3)cc2)cc1.Brc1ccc(-c2ccc(-c3nc(-c4ccccc4)nc(-c4ccccc4)n3)cc2)cc1.Clc1nc(-c2ccc(-c3ccccc3)cc2)c2ccccc2n1.Clc1nc(-c2ccccc2)c2ccccc2n1. The summed E-state index contributed by atoms with van der Waals surface area (Å²) in [5.41, 5.74) is 21.6. The minimum Gasteiger partial charge on any atom is -0.255 e. The van der Waals surface area contributed by atoms with Crippen molar-refractivity contribution in [2.45, 2.75) is 0 Å². The van der Waals surface area contributed by atoms with Gasteiger partial charge >= 0.3 is 0 Å². The number of hydrogen-bond acceptors (Lipinski definition) is 9. The Hall–Kier alpha value is -11.8. The molecule has 0 aliphatic carbocycles. The first-order chi connectivity index (χ1) is 50.2. The number of aromatic nitrogens is 9. The van der Waals surface area contributed by atoms with Crippen LogP contribution in [0.15, 0.2) is 367 Å². The molecule has 0 fully saturated rings. The van der Waals surface area contributed by atoms with Crippen molar-refractivity contribution in [3.8, 4) is 124 Å². The summed E-state index contributed by atoms with van der Waals surface area (Å²) in [5, 5.41) is 2.57. The van der Waals surface area contributed by atoms with Gasteiger partial charge in [0.1, 0.15) is 0 Å². The summed E-state index contributed by atoms with van der Waals surface area (Å²) >= 11 is 19.0. The van der Waals surface area contributed by atoms with Crippen LogP contribution in [-0.2, 0) is 0 Å². The predicted octanol–water partition coefficient (Wildman–Crippen LogP) is 24.8. The molecule has 5 aromatic heterocycles. The molecule has 0 aliphatic rings. The van der Waals surface area contributed by atoms with Gasteiger partial charge in [0.05, 0.1) is 39.5 Å². The highest BCUT2D eigenvalue weighted by atomic mass is 79.9. The topological polar surface area (TPSA) is 116 Å². The van der Waals surface area contributed by atoms with Crippen molar-refractivity contribution in [1.29, 1.82) is 0 Å². The van der Waals surface area contributed by atoms with E-state index in [1.807, 2.05) is 206 Å². The lowest BCUT2D eigenvalue weighted by molar-refractivity contribution is 1.07. The van der Waals surface area contributed by atoms with Crippen LogP contribution in [0, 0.1) is 0 Å². The summed E-state index contributed by atoms with van der Waals surface area (Å²) in [4.78, 5) is 41.0. The molecule has 17 aromatic rings. The lowest BCUT2D eigenvalue weighted by Crippen LogP contribution is -2.00. The molecule has 0 bridgehead atoms. The Labute approximate surface area is 618 Å². The van der Waals surface area contributed by atoms with Crippen LogP contribution in [0.3, 0.4) is 0 Å². The fourth-order valence-electron chi connectivity index (χ4n) is 11.6. The van der Waals surface area contributed by atoms with Crippen LogP contribution in [0.1, 0.15) is 0 Å². The van der Waals surface area contributed by atoms with E-state index in [0.29, 0.717) is 17.5 Å². The third-order valence-corrected chi connectivity index (χ3v) is 18.1. The summed E-state index contributed by atoms with van der Waals surface area (Å²) < 4.78 is 2.15. The minimum absolute atomic E-state index is 0.269. The molecule has 5 heterocycles. The van der Waals surface area contributed by atoms with Crippen LogP contribution in [0.5, 0.6) is 0 Å². The smallest absolute Gasteiger partial charge is 0.223 e. The van der Waals surface area contributed by atoms with Crippen LogP contribution in [0.4, 0.5) is 0 Å². The van der Waals surface area contributed by atoms with Gasteiger partial charge in [-0.2, -0.15) is 0 Å². The standard InChI is InChI=1S/C28H19BrN2.C27H18BrN3.C20H13ClN2.C14H9ClN2/c29-25-15-13-21(14-16-25)20-9-11-22(12-10-20)24-18-27(23-6-2-1-3-7-23)31-28(19-24)26-8-4-5-17-30-26;28-24-17-15-20(16-18-24)19-11-13-23(14-12-19)27-30-25(21-7-3-1-4-8-21)29-26(31-27)22-9-5-2-6-10-22;21-20-22-18-9-5-4-8-17(18)19(23-20)16-12-10-15(11-13-16)14-6-2-1-3-7-14;15-14-16-12-9-5-4-8-11(12)13(17-14)10-6-2-1-3-7-10/h1-19H;1-18H;1-13H;1-9H. The molecule has 17 rings (SSSR count). The maximum atomic E-state index is 6.08. The maximum absolute atomic E-state index is 6.08. The maximum Gasteiger partial charge on any atom is 0.223 e. The van der Waals surface area contributed by atoms with Crippen LogP contribution in [-0.4, -0.2) is 44.9 Å². The van der Waals surface area contributed by atoms with Gasteiger partial charge in [-0.15, -0.1) is 0 Å². The third-order valence-electron chi connectivity index (χ3n) is 16.7. The highest BCUT2D eigenvalue weighted by molar-refractivity contribution is 9.10. The average molecular weight is 1490 g/mol. The zero-order valence-corrected chi connectivity index (χ0v) is 59.3. The van der Waals surface area contributed by atoms with Gasteiger partial charge in [-0.1, -0.05) is 323 Å². The number of pyridine rings is 2. The predicted molar refractivity (Wildman–Crippen MR) is 426 cm³/mol. The van der Waals surface area contributed by atoms with Gasteiger partial charge in [0, 0.05) is 59.3 Å². The van der Waals surface area contributed by atoms with E-state index in [9.17, 15) is 0 Å². The lowest BCUT2D eigenvalue weighted by Gasteiger charge is -2.10. The van der Waals surface area contributed by atoms with Crippen LogP contribution >= 0.6 is 55.1 Å². The highest BCUT2D eigenvalue weighted by Crippen LogP contribution is 2.35. The van der Waals surface area contributed by atoms with Crippen LogP contribution in [0.2, 0.25) is 10.6 Å². The second kappa shape index (κ2) is 32.4. The first kappa shape index (κ1) is 67.4. The third kappa shape index (κ3) is 16.7. The molecule has 0 unspecified atom stereocenters. The molecule has 102 heavy (non-hydrogen) atoms. The van der Waals surface area contributed by atoms with Crippen molar-refractivity contribution in [3.63, 3.8) is 0 Å². The Morgan fingerprint density at radius 3 is 0.912 bits per heavy atom. The zero-order chi connectivity index (χ0) is 69.4. The van der Waals surface area contributed by atoms with Gasteiger partial charge in [0.2, 0.25) is 10.6 Å². The molecule has 0 N–H and O–H groups in total. The number of fused-ring (bicyclic) bond motifs is 2. The molecule has 9 nitrogen and oxygen atoms in total. The molecular weight excluding hydrogens is 1430 g/mol. The van der Waals surface area contributed by atoms with Gasteiger partial charge < -0.3 is 0 Å². The fraction of sp³-hybridized carbons (Fsp3) is 0. The molecule has 0 radical (unpaired) electrons.